The number of hydrogen-bond donors (Lipinski definition) is 5. The molecule has 0 saturated carbocycles. The van der Waals surface area contributed by atoms with Gasteiger partial charge in [-0.1, -0.05) is 18.2 Å². The Morgan fingerprint density at radius 2 is 1.79 bits per heavy atom. The van der Waals surface area contributed by atoms with Crippen LogP contribution < -0.4 is 0 Å². The van der Waals surface area contributed by atoms with Gasteiger partial charge in [0.1, 0.15) is 0 Å². The molecule has 1 aliphatic heterocycles. The van der Waals surface area contributed by atoms with E-state index >= 15 is 0 Å². The molecule has 24 heavy (non-hydrogen) atoms. The first kappa shape index (κ1) is 20.1. The van der Waals surface area contributed by atoms with Crippen LogP contribution in [0.15, 0.2) is 29.2 Å². The number of nitrogens with zero attached hydrogens (tertiary/aromatic N) is 1. The number of hydrogen-bond acceptors (Lipinski definition) is 5. The molecular weight excluding hydrogens is 376 g/mol. The molecule has 1 aliphatic rings. The van der Waals surface area contributed by atoms with Crippen LogP contribution in [0.1, 0.15) is 12.0 Å². The predicted molar refractivity (Wildman–Crippen MR) is 90.9 cm³/mol. The van der Waals surface area contributed by atoms with Crippen LogP contribution in [0, 0.1) is 0 Å². The Bertz CT molecular complexity index is 642. The summed E-state index contributed by atoms with van der Waals surface area (Å²) in [5.41, 5.74) is 1.24. The lowest BCUT2D eigenvalue weighted by Crippen LogP contribution is -2.36. The van der Waals surface area contributed by atoms with Gasteiger partial charge in [0, 0.05) is 29.7 Å². The van der Waals surface area contributed by atoms with Gasteiger partial charge in [0.2, 0.25) is 0 Å². The smallest absolute Gasteiger partial charge is 0.367 e. The molecular formula is C13H21NO7P2S. The normalized spacial score (nSPS) is 18.9. The SMILES string of the molecule is CN(CCC(O)(P(=O)(O)O)P(=O)(O)O)CC1Cc2ccccc2S1. The van der Waals surface area contributed by atoms with Crippen LogP contribution in [0.4, 0.5) is 0 Å². The van der Waals surface area contributed by atoms with E-state index in [0.29, 0.717) is 6.54 Å². The van der Waals surface area contributed by atoms with Gasteiger partial charge in [0.25, 0.3) is 5.08 Å². The third kappa shape index (κ3) is 4.30. The van der Waals surface area contributed by atoms with Gasteiger partial charge in [-0.25, -0.2) is 0 Å². The molecule has 1 unspecified atom stereocenters. The fourth-order valence-electron chi connectivity index (χ4n) is 2.60. The zero-order valence-corrected chi connectivity index (χ0v) is 15.6. The maximum atomic E-state index is 11.3. The molecule has 0 bridgehead atoms. The van der Waals surface area contributed by atoms with Crippen LogP contribution in [-0.4, -0.2) is 60.1 Å². The van der Waals surface area contributed by atoms with Crippen LogP contribution in [0.25, 0.3) is 0 Å². The summed E-state index contributed by atoms with van der Waals surface area (Å²) in [6.45, 7) is 0.512. The maximum absolute atomic E-state index is 11.3. The third-order valence-corrected chi connectivity index (χ3v) is 9.17. The third-order valence-electron chi connectivity index (χ3n) is 3.99. The zero-order valence-electron chi connectivity index (χ0n) is 13.0. The van der Waals surface area contributed by atoms with Crippen molar-refractivity contribution >= 4 is 27.0 Å². The number of fused-ring (bicyclic) bond motifs is 1. The van der Waals surface area contributed by atoms with Gasteiger partial charge >= 0.3 is 15.2 Å². The molecule has 0 saturated heterocycles. The van der Waals surface area contributed by atoms with Crippen LogP contribution >= 0.6 is 27.0 Å². The van der Waals surface area contributed by atoms with Crippen molar-refractivity contribution in [2.45, 2.75) is 28.1 Å². The van der Waals surface area contributed by atoms with Crippen molar-refractivity contribution in [2.75, 3.05) is 20.1 Å². The van der Waals surface area contributed by atoms with Gasteiger partial charge in [-0.05, 0) is 25.1 Å². The minimum Gasteiger partial charge on any atom is -0.367 e. The highest BCUT2D eigenvalue weighted by molar-refractivity contribution is 8.00. The minimum atomic E-state index is -5.39. The Morgan fingerprint density at radius 1 is 1.21 bits per heavy atom. The van der Waals surface area contributed by atoms with Gasteiger partial charge in [0.15, 0.2) is 0 Å². The topological polar surface area (TPSA) is 139 Å². The van der Waals surface area contributed by atoms with Crippen molar-refractivity contribution in [3.05, 3.63) is 29.8 Å². The molecule has 0 aromatic heterocycles. The molecule has 2 rings (SSSR count). The Balaban J connectivity index is 1.95. The first-order valence-electron chi connectivity index (χ1n) is 7.21. The van der Waals surface area contributed by atoms with Crippen molar-refractivity contribution in [3.8, 4) is 0 Å². The Labute approximate surface area is 144 Å². The highest BCUT2D eigenvalue weighted by Gasteiger charge is 2.58. The quantitative estimate of drug-likeness (QED) is 0.427. The second kappa shape index (κ2) is 7.19. The molecule has 1 atom stereocenters. The lowest BCUT2D eigenvalue weighted by Gasteiger charge is -2.31. The molecule has 1 aromatic carbocycles. The Kier molecular flexibility index (Phi) is 6.02. The van der Waals surface area contributed by atoms with Gasteiger partial charge in [0.05, 0.1) is 0 Å². The molecule has 0 aliphatic carbocycles. The first-order chi connectivity index (χ1) is 10.9. The molecule has 8 nitrogen and oxygen atoms in total. The van der Waals surface area contributed by atoms with E-state index < -0.39 is 26.7 Å². The van der Waals surface area contributed by atoms with E-state index in [-0.39, 0.29) is 11.8 Å². The second-order valence-electron chi connectivity index (χ2n) is 5.93. The van der Waals surface area contributed by atoms with E-state index in [2.05, 4.69) is 0 Å². The lowest BCUT2D eigenvalue weighted by atomic mass is 10.1. The standard InChI is InChI=1S/C13H21NO7P2S/c1-14(7-6-13(15,22(16,17)18)23(19,20)21)9-11-8-10-4-2-3-5-12(10)24-11/h2-5,11,15H,6-9H2,1H3,(H2,16,17,18)(H2,19,20,21). The average Bonchev–Trinajstić information content (AvgIpc) is 2.84. The summed E-state index contributed by atoms with van der Waals surface area (Å²) < 4.78 is 22.7. The fourth-order valence-corrected chi connectivity index (χ4v) is 6.15. The summed E-state index contributed by atoms with van der Waals surface area (Å²) in [6.07, 6.45) is 0.134. The van der Waals surface area contributed by atoms with Crippen LogP contribution in [-0.2, 0) is 15.6 Å². The summed E-state index contributed by atoms with van der Waals surface area (Å²) in [4.78, 5) is 39.4. The Hall–Kier alpha value is -0.210. The van der Waals surface area contributed by atoms with E-state index in [1.165, 1.54) is 10.5 Å². The summed E-state index contributed by atoms with van der Waals surface area (Å²) in [7, 11) is -9.09. The second-order valence-corrected chi connectivity index (χ2v) is 11.3. The van der Waals surface area contributed by atoms with Gasteiger partial charge in [-0.2, -0.15) is 0 Å². The van der Waals surface area contributed by atoms with Gasteiger partial charge in [-0.3, -0.25) is 9.13 Å². The monoisotopic (exact) mass is 397 g/mol. The van der Waals surface area contributed by atoms with Crippen molar-refractivity contribution < 1.29 is 33.8 Å². The van der Waals surface area contributed by atoms with Crippen LogP contribution in [0.2, 0.25) is 0 Å². The van der Waals surface area contributed by atoms with Crippen molar-refractivity contribution in [1.82, 2.24) is 4.90 Å². The fraction of sp³-hybridized carbons (Fsp3) is 0.538. The largest absolute Gasteiger partial charge is 0.369 e. The molecule has 11 heteroatoms. The summed E-state index contributed by atoms with van der Waals surface area (Å²) in [5.74, 6) is 0. The average molecular weight is 397 g/mol. The minimum absolute atomic E-state index is 0.0554. The van der Waals surface area contributed by atoms with Crippen LogP contribution in [0.3, 0.4) is 0 Å². The Morgan fingerprint density at radius 3 is 2.33 bits per heavy atom. The number of rotatable bonds is 7. The molecule has 5 N–H and O–H groups in total. The molecule has 1 heterocycles. The lowest BCUT2D eigenvalue weighted by molar-refractivity contribution is 0.112. The zero-order chi connectivity index (χ0) is 18.2. The summed E-state index contributed by atoms with van der Waals surface area (Å²) >= 11 is 1.70. The molecule has 0 amide bonds. The highest BCUT2D eigenvalue weighted by atomic mass is 32.2. The molecule has 0 fully saturated rings. The maximum Gasteiger partial charge on any atom is 0.369 e. The van der Waals surface area contributed by atoms with E-state index in [1.54, 1.807) is 23.7 Å². The van der Waals surface area contributed by atoms with E-state index in [1.807, 2.05) is 24.3 Å². The molecule has 1 aromatic rings. The van der Waals surface area contributed by atoms with Gasteiger partial charge in [-0.15, -0.1) is 11.8 Å². The molecule has 0 spiro atoms. The summed E-state index contributed by atoms with van der Waals surface area (Å²) in [6, 6.07) is 7.99. The van der Waals surface area contributed by atoms with E-state index in [4.69, 9.17) is 19.6 Å². The van der Waals surface area contributed by atoms with E-state index in [9.17, 15) is 14.2 Å². The van der Waals surface area contributed by atoms with Crippen molar-refractivity contribution in [3.63, 3.8) is 0 Å². The molecule has 0 radical (unpaired) electrons. The summed E-state index contributed by atoms with van der Waals surface area (Å²) in [5, 5.41) is 6.77. The highest BCUT2D eigenvalue weighted by Crippen LogP contribution is 2.68. The van der Waals surface area contributed by atoms with Crippen molar-refractivity contribution in [2.24, 2.45) is 0 Å². The number of aliphatic hydroxyl groups is 1. The first-order valence-corrected chi connectivity index (χ1v) is 11.3. The van der Waals surface area contributed by atoms with E-state index in [0.717, 1.165) is 6.42 Å². The predicted octanol–water partition coefficient (Wildman–Crippen LogP) is 1.03. The number of thioether (sulfide) groups is 1. The number of benzene rings is 1. The van der Waals surface area contributed by atoms with Crippen LogP contribution in [0.5, 0.6) is 0 Å². The van der Waals surface area contributed by atoms with Crippen molar-refractivity contribution in [1.29, 1.82) is 0 Å². The van der Waals surface area contributed by atoms with Gasteiger partial charge < -0.3 is 29.6 Å². The molecule has 136 valence electrons.